The number of carbonyl (C=O) groups excluding carboxylic acids is 1. The Kier molecular flexibility index (Phi) is 4.87. The lowest BCUT2D eigenvalue weighted by Gasteiger charge is -1.96. The molecule has 19 heavy (non-hydrogen) atoms. The fourth-order valence-corrected chi connectivity index (χ4v) is 2.03. The molecule has 0 aromatic heterocycles. The van der Waals surface area contributed by atoms with Gasteiger partial charge in [-0.15, -0.1) is 0 Å². The van der Waals surface area contributed by atoms with E-state index in [4.69, 9.17) is 0 Å². The van der Waals surface area contributed by atoms with Crippen molar-refractivity contribution in [2.75, 3.05) is 0 Å². The SMILES string of the molecule is O=C(/C=C/C=C(/Br)c1ccccc1)c1ccccc1. The second kappa shape index (κ2) is 6.86. The van der Waals surface area contributed by atoms with Crippen LogP contribution in [0.1, 0.15) is 15.9 Å². The standard InChI is InChI=1S/C17H13BrO/c18-16(14-8-3-1-4-9-14)12-7-13-17(19)15-10-5-2-6-11-15/h1-13H/b13-7+,16-12+. The zero-order valence-electron chi connectivity index (χ0n) is 10.3. The first-order valence-electron chi connectivity index (χ1n) is 5.96. The van der Waals surface area contributed by atoms with Crippen molar-refractivity contribution in [1.29, 1.82) is 0 Å². The molecular weight excluding hydrogens is 300 g/mol. The number of ketones is 1. The van der Waals surface area contributed by atoms with Gasteiger partial charge in [0.25, 0.3) is 0 Å². The van der Waals surface area contributed by atoms with Crippen LogP contribution in [0.2, 0.25) is 0 Å². The maximum Gasteiger partial charge on any atom is 0.185 e. The molecule has 0 aliphatic carbocycles. The molecule has 0 aliphatic heterocycles. The molecule has 0 saturated carbocycles. The van der Waals surface area contributed by atoms with E-state index >= 15 is 0 Å². The molecule has 0 heterocycles. The summed E-state index contributed by atoms with van der Waals surface area (Å²) >= 11 is 3.49. The summed E-state index contributed by atoms with van der Waals surface area (Å²) in [6.07, 6.45) is 5.20. The summed E-state index contributed by atoms with van der Waals surface area (Å²) in [4.78, 5) is 11.8. The molecule has 0 atom stereocenters. The van der Waals surface area contributed by atoms with E-state index in [0.717, 1.165) is 10.0 Å². The van der Waals surface area contributed by atoms with Crippen molar-refractivity contribution in [3.05, 3.63) is 90.0 Å². The summed E-state index contributed by atoms with van der Waals surface area (Å²) in [6.45, 7) is 0. The first-order chi connectivity index (χ1) is 9.27. The first kappa shape index (κ1) is 13.5. The quantitative estimate of drug-likeness (QED) is 0.447. The second-order valence-electron chi connectivity index (χ2n) is 3.97. The number of benzene rings is 2. The van der Waals surface area contributed by atoms with E-state index in [1.165, 1.54) is 0 Å². The van der Waals surface area contributed by atoms with Crippen molar-refractivity contribution in [1.82, 2.24) is 0 Å². The predicted octanol–water partition coefficient (Wildman–Crippen LogP) is 4.86. The van der Waals surface area contributed by atoms with Gasteiger partial charge < -0.3 is 0 Å². The van der Waals surface area contributed by atoms with Gasteiger partial charge in [0.1, 0.15) is 0 Å². The van der Waals surface area contributed by atoms with Crippen LogP contribution in [0.4, 0.5) is 0 Å². The molecule has 0 N–H and O–H groups in total. The van der Waals surface area contributed by atoms with Crippen LogP contribution < -0.4 is 0 Å². The normalized spacial score (nSPS) is 11.7. The number of hydrogen-bond donors (Lipinski definition) is 0. The van der Waals surface area contributed by atoms with E-state index in [1.807, 2.05) is 66.7 Å². The van der Waals surface area contributed by atoms with Gasteiger partial charge in [0.05, 0.1) is 0 Å². The van der Waals surface area contributed by atoms with Crippen LogP contribution >= 0.6 is 15.9 Å². The van der Waals surface area contributed by atoms with Gasteiger partial charge in [-0.2, -0.15) is 0 Å². The number of rotatable bonds is 4. The van der Waals surface area contributed by atoms with Gasteiger partial charge in [0.15, 0.2) is 5.78 Å². The van der Waals surface area contributed by atoms with Crippen LogP contribution in [-0.4, -0.2) is 5.78 Å². The van der Waals surface area contributed by atoms with Crippen molar-refractivity contribution in [2.24, 2.45) is 0 Å². The van der Waals surface area contributed by atoms with Crippen molar-refractivity contribution in [2.45, 2.75) is 0 Å². The van der Waals surface area contributed by atoms with Gasteiger partial charge in [-0.3, -0.25) is 4.79 Å². The minimum atomic E-state index is 0.00483. The van der Waals surface area contributed by atoms with Crippen LogP contribution in [-0.2, 0) is 0 Å². The van der Waals surface area contributed by atoms with Gasteiger partial charge in [-0.25, -0.2) is 0 Å². The molecule has 0 fully saturated rings. The lowest BCUT2D eigenvalue weighted by Crippen LogP contribution is -1.92. The highest BCUT2D eigenvalue weighted by Crippen LogP contribution is 2.20. The molecular formula is C17H13BrO. The Morgan fingerprint density at radius 2 is 1.37 bits per heavy atom. The van der Waals surface area contributed by atoms with Crippen molar-refractivity contribution >= 4 is 26.2 Å². The first-order valence-corrected chi connectivity index (χ1v) is 6.75. The Hall–Kier alpha value is -1.93. The minimum Gasteiger partial charge on any atom is -0.289 e. The number of halogens is 1. The summed E-state index contributed by atoms with van der Waals surface area (Å²) in [7, 11) is 0. The number of allylic oxidation sites excluding steroid dienone is 3. The number of hydrogen-bond acceptors (Lipinski definition) is 1. The smallest absolute Gasteiger partial charge is 0.185 e. The minimum absolute atomic E-state index is 0.00483. The van der Waals surface area contributed by atoms with Gasteiger partial charge in [-0.05, 0) is 17.7 Å². The van der Waals surface area contributed by atoms with E-state index in [9.17, 15) is 4.79 Å². The molecule has 0 spiro atoms. The molecule has 1 nitrogen and oxygen atoms in total. The third-order valence-electron chi connectivity index (χ3n) is 2.60. The van der Waals surface area contributed by atoms with Crippen LogP contribution in [0.5, 0.6) is 0 Å². The third-order valence-corrected chi connectivity index (χ3v) is 3.32. The average Bonchev–Trinajstić information content (AvgIpc) is 2.49. The molecule has 0 bridgehead atoms. The van der Waals surface area contributed by atoms with E-state index < -0.39 is 0 Å². The predicted molar refractivity (Wildman–Crippen MR) is 83.3 cm³/mol. The fourth-order valence-electron chi connectivity index (χ4n) is 1.61. The Morgan fingerprint density at radius 1 is 0.842 bits per heavy atom. The highest BCUT2D eigenvalue weighted by molar-refractivity contribution is 9.15. The van der Waals surface area contributed by atoms with Crippen LogP contribution in [0.3, 0.4) is 0 Å². The molecule has 2 heteroatoms. The Bertz CT molecular complexity index is 598. The Balaban J connectivity index is 2.06. The Morgan fingerprint density at radius 3 is 1.95 bits per heavy atom. The van der Waals surface area contributed by atoms with Crippen molar-refractivity contribution in [3.63, 3.8) is 0 Å². The highest BCUT2D eigenvalue weighted by Gasteiger charge is 1.98. The average molecular weight is 313 g/mol. The summed E-state index contributed by atoms with van der Waals surface area (Å²) in [5.41, 5.74) is 1.78. The number of carbonyl (C=O) groups is 1. The molecule has 2 rings (SSSR count). The molecule has 2 aromatic carbocycles. The lowest BCUT2D eigenvalue weighted by molar-refractivity contribution is 0.104. The van der Waals surface area contributed by atoms with Crippen molar-refractivity contribution in [3.8, 4) is 0 Å². The Labute approximate surface area is 121 Å². The van der Waals surface area contributed by atoms with Crippen LogP contribution in [0.15, 0.2) is 78.9 Å². The fraction of sp³-hybridized carbons (Fsp3) is 0. The highest BCUT2D eigenvalue weighted by atomic mass is 79.9. The molecule has 94 valence electrons. The van der Waals surface area contributed by atoms with E-state index in [1.54, 1.807) is 12.2 Å². The second-order valence-corrected chi connectivity index (χ2v) is 4.82. The van der Waals surface area contributed by atoms with Crippen LogP contribution in [0.25, 0.3) is 4.48 Å². The van der Waals surface area contributed by atoms with E-state index in [2.05, 4.69) is 15.9 Å². The van der Waals surface area contributed by atoms with Crippen molar-refractivity contribution < 1.29 is 4.79 Å². The zero-order valence-corrected chi connectivity index (χ0v) is 11.9. The monoisotopic (exact) mass is 312 g/mol. The molecule has 0 saturated heterocycles. The summed E-state index contributed by atoms with van der Waals surface area (Å²) in [5.74, 6) is 0.00483. The summed E-state index contributed by atoms with van der Waals surface area (Å²) < 4.78 is 0.949. The van der Waals surface area contributed by atoms with Gasteiger partial charge in [0.2, 0.25) is 0 Å². The third kappa shape index (κ3) is 4.04. The lowest BCUT2D eigenvalue weighted by atomic mass is 10.1. The van der Waals surface area contributed by atoms with Gasteiger partial charge in [-0.1, -0.05) is 82.7 Å². The molecule has 0 unspecified atom stereocenters. The molecule has 2 aromatic rings. The van der Waals surface area contributed by atoms with Gasteiger partial charge in [0, 0.05) is 10.0 Å². The maximum atomic E-state index is 11.8. The summed E-state index contributed by atoms with van der Waals surface area (Å²) in [5, 5.41) is 0. The van der Waals surface area contributed by atoms with E-state index in [-0.39, 0.29) is 5.78 Å². The largest absolute Gasteiger partial charge is 0.289 e. The van der Waals surface area contributed by atoms with E-state index in [0.29, 0.717) is 5.56 Å². The zero-order chi connectivity index (χ0) is 13.5. The van der Waals surface area contributed by atoms with Crippen LogP contribution in [0, 0.1) is 0 Å². The molecule has 0 amide bonds. The van der Waals surface area contributed by atoms with Gasteiger partial charge >= 0.3 is 0 Å². The molecule has 0 aliphatic rings. The maximum absolute atomic E-state index is 11.8. The molecule has 0 radical (unpaired) electrons. The summed E-state index contributed by atoms with van der Waals surface area (Å²) in [6, 6.07) is 19.2. The topological polar surface area (TPSA) is 17.1 Å².